The van der Waals surface area contributed by atoms with Crippen molar-refractivity contribution in [1.29, 1.82) is 0 Å². The van der Waals surface area contributed by atoms with Crippen LogP contribution in [0.4, 0.5) is 9.18 Å². The Morgan fingerprint density at radius 3 is 2.55 bits per heavy atom. The van der Waals surface area contributed by atoms with Crippen LogP contribution in [0.3, 0.4) is 0 Å². The highest BCUT2D eigenvalue weighted by Crippen LogP contribution is 2.68. The van der Waals surface area contributed by atoms with Crippen LogP contribution >= 0.6 is 11.6 Å². The molecule has 2 aliphatic heterocycles. The van der Waals surface area contributed by atoms with Gasteiger partial charge in [-0.3, -0.25) is 4.90 Å². The van der Waals surface area contributed by atoms with Gasteiger partial charge >= 0.3 is 6.03 Å². The number of ether oxygens (including phenoxy) is 3. The molecule has 1 saturated heterocycles. The summed E-state index contributed by atoms with van der Waals surface area (Å²) in [6.45, 7) is 5.34. The normalized spacial score (nSPS) is 29.5. The fourth-order valence-corrected chi connectivity index (χ4v) is 7.73. The summed E-state index contributed by atoms with van der Waals surface area (Å²) < 4.78 is 33.1. The molecule has 6 rings (SSSR count). The Hall–Kier alpha value is -3.53. The van der Waals surface area contributed by atoms with E-state index in [2.05, 4.69) is 31.1 Å². The summed E-state index contributed by atoms with van der Waals surface area (Å²) in [5.74, 6) is 0.217. The van der Waals surface area contributed by atoms with Crippen LogP contribution in [0.25, 0.3) is 0 Å². The molecular weight excluding hydrogens is 585 g/mol. The molecule has 2 N–H and O–H groups in total. The van der Waals surface area contributed by atoms with E-state index >= 15 is 0 Å². The third-order valence-corrected chi connectivity index (χ3v) is 10.2. The van der Waals surface area contributed by atoms with Gasteiger partial charge in [-0.2, -0.15) is 0 Å². The van der Waals surface area contributed by atoms with Crippen molar-refractivity contribution in [1.82, 2.24) is 15.1 Å². The van der Waals surface area contributed by atoms with E-state index in [1.807, 2.05) is 23.1 Å². The molecule has 0 aromatic heterocycles. The van der Waals surface area contributed by atoms with Crippen molar-refractivity contribution < 1.29 is 28.5 Å². The van der Waals surface area contributed by atoms with Gasteiger partial charge < -0.3 is 29.5 Å². The Kier molecular flexibility index (Phi) is 7.93. The van der Waals surface area contributed by atoms with Crippen molar-refractivity contribution >= 4 is 17.6 Å². The highest BCUT2D eigenvalue weighted by molar-refractivity contribution is 6.30. The van der Waals surface area contributed by atoms with Crippen LogP contribution in [0, 0.1) is 5.82 Å². The molecule has 2 unspecified atom stereocenters. The van der Waals surface area contributed by atoms with Gasteiger partial charge in [0.1, 0.15) is 23.1 Å². The molecule has 10 heteroatoms. The molecule has 8 nitrogen and oxygen atoms in total. The Morgan fingerprint density at radius 2 is 1.89 bits per heavy atom. The fourth-order valence-electron chi connectivity index (χ4n) is 7.60. The first-order valence-electron chi connectivity index (χ1n) is 15.0. The zero-order valence-electron chi connectivity index (χ0n) is 25.6. The molecule has 2 amide bonds. The smallest absolute Gasteiger partial charge is 0.317 e. The lowest BCUT2D eigenvalue weighted by molar-refractivity contribution is -0.116. The number of fused-ring (bicyclic) bond motifs is 3. The third-order valence-electron chi connectivity index (χ3n) is 9.95. The van der Waals surface area contributed by atoms with Crippen molar-refractivity contribution in [3.63, 3.8) is 0 Å². The van der Waals surface area contributed by atoms with Gasteiger partial charge in [0.05, 0.1) is 25.8 Å². The van der Waals surface area contributed by atoms with E-state index in [-0.39, 0.29) is 24.5 Å². The van der Waals surface area contributed by atoms with E-state index in [9.17, 15) is 14.3 Å². The second-order valence-electron chi connectivity index (χ2n) is 12.1. The third kappa shape index (κ3) is 4.59. The Morgan fingerprint density at radius 1 is 1.14 bits per heavy atom. The maximum atomic E-state index is 14.8. The number of aliphatic hydroxyl groups is 1. The number of nitrogens with one attached hydrogen (secondary N) is 1. The summed E-state index contributed by atoms with van der Waals surface area (Å²) in [5.41, 5.74) is -1.65. The van der Waals surface area contributed by atoms with Crippen molar-refractivity contribution in [2.24, 2.45) is 0 Å². The van der Waals surface area contributed by atoms with E-state index in [1.54, 1.807) is 37.4 Å². The SMILES string of the molecule is CCC1CN(C(=O)N[C@H]2C[C@@H](c3cccc(F)c3)[C@]3(c4ccc(Cl)cc4)Oc4cc(OC)cc(OC)c4[C@]23O)CC(C)N1C. The maximum absolute atomic E-state index is 14.8. The van der Waals surface area contributed by atoms with E-state index in [0.717, 1.165) is 6.42 Å². The van der Waals surface area contributed by atoms with Crippen molar-refractivity contribution in [3.05, 3.63) is 88.2 Å². The number of methoxy groups -OCH3 is 2. The molecule has 2 fully saturated rings. The zero-order chi connectivity index (χ0) is 31.4. The van der Waals surface area contributed by atoms with E-state index in [0.29, 0.717) is 52.1 Å². The zero-order valence-corrected chi connectivity index (χ0v) is 26.4. The van der Waals surface area contributed by atoms with Crippen LogP contribution in [0.2, 0.25) is 5.02 Å². The Bertz CT molecular complexity index is 1560. The lowest BCUT2D eigenvalue weighted by Crippen LogP contribution is -2.62. The number of nitrogens with zero attached hydrogens (tertiary/aromatic N) is 2. The van der Waals surface area contributed by atoms with Crippen molar-refractivity contribution in [2.45, 2.75) is 61.9 Å². The second kappa shape index (κ2) is 11.4. The van der Waals surface area contributed by atoms with Crippen molar-refractivity contribution in [2.75, 3.05) is 34.4 Å². The molecule has 234 valence electrons. The molecule has 3 aromatic carbocycles. The van der Waals surface area contributed by atoms with Gasteiger partial charge in [0.15, 0.2) is 11.2 Å². The molecule has 0 spiro atoms. The minimum Gasteiger partial charge on any atom is -0.496 e. The van der Waals surface area contributed by atoms with Gasteiger partial charge in [0.25, 0.3) is 0 Å². The number of carbonyl (C=O) groups is 1. The molecule has 2 heterocycles. The average molecular weight is 624 g/mol. The number of piperazine rings is 1. The number of benzene rings is 3. The predicted molar refractivity (Wildman–Crippen MR) is 166 cm³/mol. The lowest BCUT2D eigenvalue weighted by Gasteiger charge is -2.45. The number of likely N-dealkylation sites (N-methyl/N-ethyl adjacent to an activating group) is 1. The van der Waals surface area contributed by atoms with Crippen molar-refractivity contribution in [3.8, 4) is 17.2 Å². The minimum atomic E-state index is -1.83. The second-order valence-corrected chi connectivity index (χ2v) is 12.6. The molecule has 44 heavy (non-hydrogen) atoms. The number of urea groups is 1. The molecule has 3 aliphatic rings. The Balaban J connectivity index is 1.53. The summed E-state index contributed by atoms with van der Waals surface area (Å²) in [5, 5.41) is 17.0. The van der Waals surface area contributed by atoms with E-state index in [4.69, 9.17) is 25.8 Å². The van der Waals surface area contributed by atoms with Crippen LogP contribution in [0.15, 0.2) is 60.7 Å². The van der Waals surface area contributed by atoms with Crippen LogP contribution in [-0.4, -0.2) is 73.4 Å². The summed E-state index contributed by atoms with van der Waals surface area (Å²) in [7, 11) is 5.15. The molecule has 3 aromatic rings. The van der Waals surface area contributed by atoms with Gasteiger partial charge in [-0.25, -0.2) is 9.18 Å². The number of carbonyl (C=O) groups excluding carboxylic acids is 1. The first-order chi connectivity index (χ1) is 21.1. The summed E-state index contributed by atoms with van der Waals surface area (Å²) in [6, 6.07) is 16.1. The largest absolute Gasteiger partial charge is 0.496 e. The topological polar surface area (TPSA) is 83.5 Å². The molecule has 0 bridgehead atoms. The first-order valence-corrected chi connectivity index (χ1v) is 15.4. The first kappa shape index (κ1) is 30.5. The maximum Gasteiger partial charge on any atom is 0.317 e. The predicted octanol–water partition coefficient (Wildman–Crippen LogP) is 5.65. The molecular formula is C34H39ClFN3O5. The summed E-state index contributed by atoms with van der Waals surface area (Å²) in [4.78, 5) is 18.2. The van der Waals surface area contributed by atoms with Gasteiger partial charge in [-0.1, -0.05) is 42.8 Å². The van der Waals surface area contributed by atoms with Crippen LogP contribution in [0.1, 0.15) is 49.3 Å². The van der Waals surface area contributed by atoms with Gasteiger partial charge in [-0.05, 0) is 62.2 Å². The number of hydrogen-bond acceptors (Lipinski definition) is 6. The number of hydrogen-bond donors (Lipinski definition) is 2. The van der Waals surface area contributed by atoms with Crippen LogP contribution < -0.4 is 19.5 Å². The number of amides is 2. The number of halogens is 2. The van der Waals surface area contributed by atoms with Crippen LogP contribution in [-0.2, 0) is 11.2 Å². The average Bonchev–Trinajstić information content (AvgIpc) is 3.42. The van der Waals surface area contributed by atoms with Gasteiger partial charge in [0, 0.05) is 48.2 Å². The number of rotatable bonds is 6. The van der Waals surface area contributed by atoms with E-state index < -0.39 is 29.0 Å². The van der Waals surface area contributed by atoms with Gasteiger partial charge in [-0.15, -0.1) is 0 Å². The fraction of sp³-hybridized carbons (Fsp3) is 0.441. The van der Waals surface area contributed by atoms with E-state index in [1.165, 1.54) is 19.2 Å². The standard InChI is InChI=1S/C34H39ClFN3O5/c1-6-25-19-39(18-20(2)38(25)3)32(40)37-30-17-27(21-8-7-9-24(36)14-21)34(22-10-12-23(35)13-11-22)33(30,41)31-28(43-5)15-26(42-4)16-29(31)44-34/h7-16,20,25,27,30,41H,6,17-19H2,1-5H3,(H,37,40)/t20?,25?,27-,30-,33+,34-/m0/s1. The molecule has 1 saturated carbocycles. The highest BCUT2D eigenvalue weighted by atomic mass is 35.5. The summed E-state index contributed by atoms with van der Waals surface area (Å²) in [6.07, 6.45) is 1.17. The molecule has 6 atom stereocenters. The minimum absolute atomic E-state index is 0.169. The summed E-state index contributed by atoms with van der Waals surface area (Å²) >= 11 is 6.32. The van der Waals surface area contributed by atoms with Gasteiger partial charge in [0.2, 0.25) is 0 Å². The quantitative estimate of drug-likeness (QED) is 0.369. The molecule has 1 aliphatic carbocycles. The van der Waals surface area contributed by atoms with Crippen LogP contribution in [0.5, 0.6) is 17.2 Å². The lowest BCUT2D eigenvalue weighted by atomic mass is 9.71. The highest BCUT2D eigenvalue weighted by Gasteiger charge is 2.74. The Labute approximate surface area is 262 Å². The monoisotopic (exact) mass is 623 g/mol. The molecule has 0 radical (unpaired) electrons.